The molecule has 11 heteroatoms. The Hall–Kier alpha value is -2.98. The highest BCUT2D eigenvalue weighted by Crippen LogP contribution is 2.20. The van der Waals surface area contributed by atoms with Gasteiger partial charge in [-0.05, 0) is 43.3 Å². The van der Waals surface area contributed by atoms with Crippen LogP contribution in [0, 0.1) is 0 Å². The van der Waals surface area contributed by atoms with Crippen LogP contribution >= 0.6 is 0 Å². The van der Waals surface area contributed by atoms with Crippen LogP contribution < -0.4 is 14.8 Å². The lowest BCUT2D eigenvalue weighted by molar-refractivity contribution is -0.153. The molecule has 2 unspecified atom stereocenters. The minimum absolute atomic E-state index is 0.0739. The van der Waals surface area contributed by atoms with E-state index >= 15 is 0 Å². The highest BCUT2D eigenvalue weighted by Gasteiger charge is 2.28. The molecule has 158 valence electrons. The summed E-state index contributed by atoms with van der Waals surface area (Å²) in [6.45, 7) is 0.158. The van der Waals surface area contributed by atoms with Crippen molar-refractivity contribution in [3.05, 3.63) is 53.9 Å². The molecule has 1 aromatic carbocycles. The number of halogens is 6. The molecule has 29 heavy (non-hydrogen) atoms. The lowest BCUT2D eigenvalue weighted by Gasteiger charge is -2.15. The van der Waals surface area contributed by atoms with Crippen LogP contribution in [0.3, 0.4) is 0 Å². The number of amides is 1. The molecule has 0 fully saturated rings. The van der Waals surface area contributed by atoms with Crippen LogP contribution in [0.2, 0.25) is 0 Å². The third-order valence-electron chi connectivity index (χ3n) is 3.52. The van der Waals surface area contributed by atoms with Gasteiger partial charge in [-0.3, -0.25) is 9.78 Å². The van der Waals surface area contributed by atoms with Crippen LogP contribution in [0.4, 0.5) is 26.3 Å². The van der Waals surface area contributed by atoms with Gasteiger partial charge in [0.25, 0.3) is 12.3 Å². The lowest BCUT2D eigenvalue weighted by atomic mass is 10.1. The monoisotopic (exact) mass is 422 g/mol. The van der Waals surface area contributed by atoms with Gasteiger partial charge in [0.15, 0.2) is 6.61 Å². The SMILES string of the molecule is CC(NC(=O)c1ccc(OC(F)C(F)F)cc1)c1ccc(OCC(F)(F)F)cn1. The highest BCUT2D eigenvalue weighted by molar-refractivity contribution is 5.94. The number of nitrogens with one attached hydrogen (secondary N) is 1. The van der Waals surface area contributed by atoms with Gasteiger partial charge >= 0.3 is 12.6 Å². The van der Waals surface area contributed by atoms with Crippen LogP contribution in [0.25, 0.3) is 0 Å². The second kappa shape index (κ2) is 9.48. The second-order valence-electron chi connectivity index (χ2n) is 5.85. The van der Waals surface area contributed by atoms with Crippen LogP contribution in [0.1, 0.15) is 29.0 Å². The zero-order valence-electron chi connectivity index (χ0n) is 14.9. The maximum Gasteiger partial charge on any atom is 0.422 e. The van der Waals surface area contributed by atoms with E-state index in [9.17, 15) is 31.1 Å². The molecule has 5 nitrogen and oxygen atoms in total. The minimum atomic E-state index is -4.47. The summed E-state index contributed by atoms with van der Waals surface area (Å²) in [5.41, 5.74) is 0.525. The Morgan fingerprint density at radius 3 is 2.21 bits per heavy atom. The molecule has 2 aromatic rings. The molecule has 0 spiro atoms. The number of benzene rings is 1. The molecule has 0 aliphatic heterocycles. The van der Waals surface area contributed by atoms with Crippen LogP contribution in [0.15, 0.2) is 42.6 Å². The molecule has 0 bridgehead atoms. The highest BCUT2D eigenvalue weighted by atomic mass is 19.4. The van der Waals surface area contributed by atoms with Gasteiger partial charge in [-0.1, -0.05) is 0 Å². The van der Waals surface area contributed by atoms with E-state index in [-0.39, 0.29) is 17.1 Å². The quantitative estimate of drug-likeness (QED) is 0.639. The molecule has 0 saturated carbocycles. The Morgan fingerprint density at radius 2 is 1.69 bits per heavy atom. The van der Waals surface area contributed by atoms with E-state index in [2.05, 4.69) is 19.8 Å². The largest absolute Gasteiger partial charge is 0.483 e. The van der Waals surface area contributed by atoms with E-state index in [1.165, 1.54) is 36.4 Å². The maximum atomic E-state index is 12.8. The molecule has 2 rings (SSSR count). The molecule has 0 aliphatic rings. The number of carbonyl (C=O) groups is 1. The molecule has 1 amide bonds. The zero-order chi connectivity index (χ0) is 21.6. The maximum absolute atomic E-state index is 12.8. The fourth-order valence-corrected chi connectivity index (χ4v) is 2.12. The normalized spacial score (nSPS) is 13.7. The first-order valence-corrected chi connectivity index (χ1v) is 8.20. The van der Waals surface area contributed by atoms with E-state index in [0.29, 0.717) is 5.69 Å². The predicted octanol–water partition coefficient (Wildman–Crippen LogP) is 4.45. The van der Waals surface area contributed by atoms with Gasteiger partial charge in [0, 0.05) is 5.56 Å². The smallest absolute Gasteiger partial charge is 0.422 e. The van der Waals surface area contributed by atoms with Crippen molar-refractivity contribution in [1.29, 1.82) is 0 Å². The number of alkyl halides is 6. The zero-order valence-corrected chi connectivity index (χ0v) is 14.9. The van der Waals surface area contributed by atoms with Gasteiger partial charge in [-0.2, -0.15) is 17.6 Å². The van der Waals surface area contributed by atoms with Crippen molar-refractivity contribution in [3.63, 3.8) is 0 Å². The Kier molecular flexibility index (Phi) is 7.29. The van der Waals surface area contributed by atoms with Crippen molar-refractivity contribution in [1.82, 2.24) is 10.3 Å². The van der Waals surface area contributed by atoms with E-state index in [1.807, 2.05) is 0 Å². The average Bonchev–Trinajstić information content (AvgIpc) is 2.66. The third-order valence-corrected chi connectivity index (χ3v) is 3.52. The average molecular weight is 422 g/mol. The molecule has 0 aliphatic carbocycles. The topological polar surface area (TPSA) is 60.5 Å². The Morgan fingerprint density at radius 1 is 1.07 bits per heavy atom. The van der Waals surface area contributed by atoms with Crippen LogP contribution in [0.5, 0.6) is 11.5 Å². The number of carbonyl (C=O) groups excluding carboxylic acids is 1. The summed E-state index contributed by atoms with van der Waals surface area (Å²) in [7, 11) is 0. The molecule has 1 heterocycles. The first-order chi connectivity index (χ1) is 13.5. The molecular formula is C18H16F6N2O3. The van der Waals surface area contributed by atoms with Crippen molar-refractivity contribution < 1.29 is 40.6 Å². The first-order valence-electron chi connectivity index (χ1n) is 8.20. The first kappa shape index (κ1) is 22.3. The minimum Gasteiger partial charge on any atom is -0.483 e. The molecule has 1 N–H and O–H groups in total. The predicted molar refractivity (Wildman–Crippen MR) is 89.6 cm³/mol. The van der Waals surface area contributed by atoms with Crippen molar-refractivity contribution in [2.45, 2.75) is 31.9 Å². The summed E-state index contributed by atoms with van der Waals surface area (Å²) in [6, 6.07) is 6.95. The van der Waals surface area contributed by atoms with Crippen molar-refractivity contribution in [2.24, 2.45) is 0 Å². The standard InChI is InChI=1S/C18H16F6N2O3/c1-10(14-7-6-13(8-25-14)28-9-18(22,23)24)26-17(27)11-2-4-12(5-3-11)29-16(21)15(19)20/h2-8,10,15-16H,9H2,1H3,(H,26,27). The van der Waals surface area contributed by atoms with Gasteiger partial charge in [0.2, 0.25) is 0 Å². The van der Waals surface area contributed by atoms with Gasteiger partial charge in [0.1, 0.15) is 11.5 Å². The second-order valence-corrected chi connectivity index (χ2v) is 5.85. The van der Waals surface area contributed by atoms with Gasteiger partial charge in [0.05, 0.1) is 17.9 Å². The number of rotatable bonds is 8. The molecule has 0 saturated heterocycles. The Bertz CT molecular complexity index is 797. The number of ether oxygens (including phenoxy) is 2. The summed E-state index contributed by atoms with van der Waals surface area (Å²) < 4.78 is 82.4. The van der Waals surface area contributed by atoms with Crippen molar-refractivity contribution in [3.8, 4) is 11.5 Å². The number of hydrogen-bond acceptors (Lipinski definition) is 4. The number of hydrogen-bond donors (Lipinski definition) is 1. The van der Waals surface area contributed by atoms with Crippen LogP contribution in [-0.2, 0) is 0 Å². The van der Waals surface area contributed by atoms with E-state index in [1.54, 1.807) is 6.92 Å². The molecule has 0 radical (unpaired) electrons. The Balaban J connectivity index is 1.92. The van der Waals surface area contributed by atoms with E-state index < -0.39 is 37.5 Å². The van der Waals surface area contributed by atoms with E-state index in [4.69, 9.17) is 0 Å². The molecule has 1 aromatic heterocycles. The summed E-state index contributed by atoms with van der Waals surface area (Å²) >= 11 is 0. The summed E-state index contributed by atoms with van der Waals surface area (Å²) in [4.78, 5) is 16.2. The summed E-state index contributed by atoms with van der Waals surface area (Å²) in [5.74, 6) is -0.775. The van der Waals surface area contributed by atoms with Gasteiger partial charge in [-0.25, -0.2) is 8.78 Å². The molecular weight excluding hydrogens is 406 g/mol. The lowest BCUT2D eigenvalue weighted by Crippen LogP contribution is -2.27. The van der Waals surface area contributed by atoms with E-state index in [0.717, 1.165) is 6.20 Å². The summed E-state index contributed by atoms with van der Waals surface area (Å²) in [5, 5.41) is 2.61. The van der Waals surface area contributed by atoms with Gasteiger partial charge in [-0.15, -0.1) is 0 Å². The van der Waals surface area contributed by atoms with Crippen LogP contribution in [-0.4, -0.2) is 36.5 Å². The fraction of sp³-hybridized carbons (Fsp3) is 0.333. The fourth-order valence-electron chi connectivity index (χ4n) is 2.12. The number of pyridine rings is 1. The van der Waals surface area contributed by atoms with Gasteiger partial charge < -0.3 is 14.8 Å². The molecule has 2 atom stereocenters. The Labute approximate surface area is 161 Å². The number of nitrogens with zero attached hydrogens (tertiary/aromatic N) is 1. The van der Waals surface area contributed by atoms with Crippen molar-refractivity contribution in [2.75, 3.05) is 6.61 Å². The van der Waals surface area contributed by atoms with Crippen molar-refractivity contribution >= 4 is 5.91 Å². The third kappa shape index (κ3) is 7.16. The number of aromatic nitrogens is 1. The summed E-state index contributed by atoms with van der Waals surface area (Å²) in [6.07, 6.45) is -9.43.